The molecule has 0 N–H and O–H groups in total. The van der Waals surface area contributed by atoms with E-state index in [0.29, 0.717) is 18.1 Å². The minimum Gasteiger partial charge on any atom is -0.378 e. The van der Waals surface area contributed by atoms with Gasteiger partial charge in [-0.1, -0.05) is 36.6 Å². The lowest BCUT2D eigenvalue weighted by Crippen LogP contribution is -2.54. The summed E-state index contributed by atoms with van der Waals surface area (Å²) >= 11 is 6.10. The van der Waals surface area contributed by atoms with Gasteiger partial charge in [0, 0.05) is 44.3 Å². The molecule has 7 nitrogen and oxygen atoms in total. The summed E-state index contributed by atoms with van der Waals surface area (Å²) in [6.45, 7) is 6.13. The van der Waals surface area contributed by atoms with Gasteiger partial charge in [0.2, 0.25) is 5.91 Å². The molecule has 3 aliphatic rings. The Hall–Kier alpha value is -2.38. The van der Waals surface area contributed by atoms with Gasteiger partial charge in [-0.2, -0.15) is 0 Å². The second-order valence-electron chi connectivity index (χ2n) is 8.92. The summed E-state index contributed by atoms with van der Waals surface area (Å²) in [6, 6.07) is 12.0. The zero-order valence-electron chi connectivity index (χ0n) is 18.4. The van der Waals surface area contributed by atoms with E-state index in [4.69, 9.17) is 16.3 Å². The summed E-state index contributed by atoms with van der Waals surface area (Å²) in [4.78, 5) is 20.2. The highest BCUT2D eigenvalue weighted by molar-refractivity contribution is 6.30. The van der Waals surface area contributed by atoms with Crippen molar-refractivity contribution in [3.8, 4) is 0 Å². The molecule has 8 heteroatoms. The SMILES string of the molecule is O=C(N1CCN(c2ccc(N3CCOCC3)nn2)CC1)C1(c2ccc(Cl)cc2)CCCC1. The van der Waals surface area contributed by atoms with E-state index in [2.05, 4.69) is 20.0 Å². The van der Waals surface area contributed by atoms with E-state index in [1.165, 1.54) is 0 Å². The van der Waals surface area contributed by atoms with Crippen LogP contribution in [0.1, 0.15) is 31.2 Å². The minimum atomic E-state index is -0.396. The number of halogens is 1. The predicted octanol–water partition coefficient (Wildman–Crippen LogP) is 3.13. The summed E-state index contributed by atoms with van der Waals surface area (Å²) < 4.78 is 5.41. The Kier molecular flexibility index (Phi) is 6.20. The zero-order chi connectivity index (χ0) is 22.0. The van der Waals surface area contributed by atoms with Crippen LogP contribution in [0.3, 0.4) is 0 Å². The lowest BCUT2D eigenvalue weighted by Gasteiger charge is -2.40. The molecule has 0 bridgehead atoms. The number of ether oxygens (including phenoxy) is 1. The molecule has 1 aromatic carbocycles. The Bertz CT molecular complexity index is 916. The Morgan fingerprint density at radius 3 is 1.94 bits per heavy atom. The van der Waals surface area contributed by atoms with Gasteiger partial charge >= 0.3 is 0 Å². The number of benzene rings is 1. The fourth-order valence-corrected chi connectivity index (χ4v) is 5.39. The quantitative estimate of drug-likeness (QED) is 0.705. The Labute approximate surface area is 194 Å². The smallest absolute Gasteiger partial charge is 0.233 e. The molecule has 170 valence electrons. The summed E-state index contributed by atoms with van der Waals surface area (Å²) in [7, 11) is 0. The molecule has 2 saturated heterocycles. The molecule has 1 aliphatic carbocycles. The summed E-state index contributed by atoms with van der Waals surface area (Å²) in [5, 5.41) is 9.62. The van der Waals surface area contributed by atoms with E-state index >= 15 is 0 Å². The van der Waals surface area contributed by atoms with Crippen LogP contribution in [0.25, 0.3) is 0 Å². The number of aromatic nitrogens is 2. The van der Waals surface area contributed by atoms with Gasteiger partial charge < -0.3 is 19.4 Å². The Morgan fingerprint density at radius 1 is 0.812 bits per heavy atom. The third kappa shape index (κ3) is 4.16. The number of hydrogen-bond donors (Lipinski definition) is 0. The van der Waals surface area contributed by atoms with Gasteiger partial charge in [-0.25, -0.2) is 0 Å². The monoisotopic (exact) mass is 455 g/mol. The predicted molar refractivity (Wildman–Crippen MR) is 125 cm³/mol. The average Bonchev–Trinajstić information content (AvgIpc) is 3.36. The van der Waals surface area contributed by atoms with Crippen molar-refractivity contribution < 1.29 is 9.53 Å². The second-order valence-corrected chi connectivity index (χ2v) is 9.36. The molecule has 0 atom stereocenters. The van der Waals surface area contributed by atoms with Crippen molar-refractivity contribution in [2.75, 3.05) is 62.3 Å². The molecule has 3 heterocycles. The highest BCUT2D eigenvalue weighted by Gasteiger charge is 2.45. The lowest BCUT2D eigenvalue weighted by molar-refractivity contribution is -0.137. The molecule has 1 aromatic heterocycles. The summed E-state index contributed by atoms with van der Waals surface area (Å²) in [5.74, 6) is 2.05. The Morgan fingerprint density at radius 2 is 1.38 bits per heavy atom. The van der Waals surface area contributed by atoms with Crippen molar-refractivity contribution in [3.05, 3.63) is 47.0 Å². The van der Waals surface area contributed by atoms with Crippen LogP contribution >= 0.6 is 11.6 Å². The van der Waals surface area contributed by atoms with Crippen molar-refractivity contribution in [1.82, 2.24) is 15.1 Å². The number of carbonyl (C=O) groups is 1. The topological polar surface area (TPSA) is 61.8 Å². The van der Waals surface area contributed by atoms with E-state index < -0.39 is 5.41 Å². The van der Waals surface area contributed by atoms with Crippen molar-refractivity contribution in [3.63, 3.8) is 0 Å². The van der Waals surface area contributed by atoms with E-state index in [0.717, 1.165) is 82.3 Å². The van der Waals surface area contributed by atoms with Crippen LogP contribution in [-0.4, -0.2) is 73.5 Å². The van der Waals surface area contributed by atoms with E-state index in [1.807, 2.05) is 41.3 Å². The van der Waals surface area contributed by atoms with Gasteiger partial charge in [-0.05, 0) is 42.7 Å². The molecule has 0 radical (unpaired) electrons. The number of morpholine rings is 1. The number of anilines is 2. The molecule has 5 rings (SSSR count). The first-order valence-corrected chi connectivity index (χ1v) is 12.0. The van der Waals surface area contributed by atoms with Crippen molar-refractivity contribution in [2.24, 2.45) is 0 Å². The summed E-state index contributed by atoms with van der Waals surface area (Å²) in [6.07, 6.45) is 4.03. The second kappa shape index (κ2) is 9.24. The molecular formula is C24H30ClN5O2. The van der Waals surface area contributed by atoms with Gasteiger partial charge in [-0.15, -0.1) is 10.2 Å². The highest BCUT2D eigenvalue weighted by atomic mass is 35.5. The number of nitrogens with zero attached hydrogens (tertiary/aromatic N) is 5. The molecule has 0 unspecified atom stereocenters. The molecule has 32 heavy (non-hydrogen) atoms. The van der Waals surface area contributed by atoms with Gasteiger partial charge in [0.25, 0.3) is 0 Å². The van der Waals surface area contributed by atoms with E-state index in [1.54, 1.807) is 0 Å². The van der Waals surface area contributed by atoms with E-state index in [-0.39, 0.29) is 5.91 Å². The minimum absolute atomic E-state index is 0.269. The number of carbonyl (C=O) groups excluding carboxylic acids is 1. The van der Waals surface area contributed by atoms with Gasteiger partial charge in [0.1, 0.15) is 0 Å². The molecule has 2 aliphatic heterocycles. The van der Waals surface area contributed by atoms with E-state index in [9.17, 15) is 4.79 Å². The van der Waals surface area contributed by atoms with Crippen LogP contribution in [0.5, 0.6) is 0 Å². The highest BCUT2D eigenvalue weighted by Crippen LogP contribution is 2.43. The van der Waals surface area contributed by atoms with Crippen LogP contribution in [0.4, 0.5) is 11.6 Å². The fourth-order valence-electron chi connectivity index (χ4n) is 5.26. The van der Waals surface area contributed by atoms with Gasteiger partial charge in [0.15, 0.2) is 11.6 Å². The maximum atomic E-state index is 13.7. The van der Waals surface area contributed by atoms with Crippen molar-refractivity contribution in [1.29, 1.82) is 0 Å². The zero-order valence-corrected chi connectivity index (χ0v) is 19.1. The first kappa shape index (κ1) is 21.5. The first-order valence-electron chi connectivity index (χ1n) is 11.6. The standard InChI is InChI=1S/C24H30ClN5O2/c25-20-5-3-19(4-6-20)24(9-1-2-10-24)23(31)30-13-11-28(12-14-30)21-7-8-22(27-26-21)29-15-17-32-18-16-29/h3-8H,1-2,9-18H2. The maximum absolute atomic E-state index is 13.7. The molecule has 1 saturated carbocycles. The van der Waals surface area contributed by atoms with Gasteiger partial charge in [-0.3, -0.25) is 4.79 Å². The van der Waals surface area contributed by atoms with Crippen LogP contribution in [0.2, 0.25) is 5.02 Å². The third-order valence-electron chi connectivity index (χ3n) is 7.13. The third-order valence-corrected chi connectivity index (χ3v) is 7.38. The average molecular weight is 456 g/mol. The number of hydrogen-bond acceptors (Lipinski definition) is 6. The molecule has 2 aromatic rings. The lowest BCUT2D eigenvalue weighted by atomic mass is 9.77. The summed E-state index contributed by atoms with van der Waals surface area (Å²) in [5.41, 5.74) is 0.711. The Balaban J connectivity index is 1.24. The van der Waals surface area contributed by atoms with Crippen molar-refractivity contribution >= 4 is 29.1 Å². The molecule has 0 spiro atoms. The van der Waals surface area contributed by atoms with Crippen LogP contribution < -0.4 is 9.80 Å². The maximum Gasteiger partial charge on any atom is 0.233 e. The van der Waals surface area contributed by atoms with Crippen LogP contribution in [0.15, 0.2) is 36.4 Å². The molecule has 1 amide bonds. The number of amides is 1. The fraction of sp³-hybridized carbons (Fsp3) is 0.542. The van der Waals surface area contributed by atoms with Crippen LogP contribution in [0, 0.1) is 0 Å². The number of piperazine rings is 1. The molecular weight excluding hydrogens is 426 g/mol. The largest absolute Gasteiger partial charge is 0.378 e. The normalized spacial score (nSPS) is 21.1. The van der Waals surface area contributed by atoms with Crippen LogP contribution in [-0.2, 0) is 14.9 Å². The van der Waals surface area contributed by atoms with Crippen molar-refractivity contribution in [2.45, 2.75) is 31.1 Å². The first-order chi connectivity index (χ1) is 15.7. The molecule has 3 fully saturated rings. The number of rotatable bonds is 4. The van der Waals surface area contributed by atoms with Gasteiger partial charge in [0.05, 0.1) is 18.6 Å².